The highest BCUT2D eigenvalue weighted by Crippen LogP contribution is 2.20. The van der Waals surface area contributed by atoms with Crippen molar-refractivity contribution in [1.82, 2.24) is 34.3 Å². The number of rotatable bonds is 4. The Hall–Kier alpha value is -3.26. The summed E-state index contributed by atoms with van der Waals surface area (Å²) in [5.74, 6) is 2.83. The fraction of sp³-hybridized carbons (Fsp3) is 0.300. The molecule has 0 atom stereocenters. The summed E-state index contributed by atoms with van der Waals surface area (Å²) < 4.78 is 3.92. The van der Waals surface area contributed by atoms with E-state index >= 15 is 0 Å². The first-order chi connectivity index (χ1) is 13.8. The molecular formula is C20H22N8. The summed E-state index contributed by atoms with van der Waals surface area (Å²) in [4.78, 5) is 9.19. The fourth-order valence-corrected chi connectivity index (χ4v) is 3.60. The van der Waals surface area contributed by atoms with Crippen LogP contribution in [-0.4, -0.2) is 60.4 Å². The van der Waals surface area contributed by atoms with Crippen LogP contribution in [0.2, 0.25) is 0 Å². The first-order valence-electron chi connectivity index (χ1n) is 9.49. The molecule has 1 aliphatic heterocycles. The second-order valence-corrected chi connectivity index (χ2v) is 7.07. The fourth-order valence-electron chi connectivity index (χ4n) is 3.60. The standard InChI is InChI=1S/C20H22N8/c1-25-10-9-21-19(25)15-26-11-13-27(14-12-26)18-8-7-17-22-23-20(28(17)24-18)16-5-3-2-4-6-16/h2-10H,11-15H2,1H3. The van der Waals surface area contributed by atoms with Crippen molar-refractivity contribution < 1.29 is 0 Å². The minimum atomic E-state index is 0.760. The molecule has 0 unspecified atom stereocenters. The van der Waals surface area contributed by atoms with E-state index in [9.17, 15) is 0 Å². The predicted octanol–water partition coefficient (Wildman–Crippen LogP) is 1.85. The van der Waals surface area contributed by atoms with Gasteiger partial charge in [-0.25, -0.2) is 4.98 Å². The van der Waals surface area contributed by atoms with E-state index in [1.807, 2.05) is 66.4 Å². The zero-order valence-electron chi connectivity index (χ0n) is 15.8. The molecule has 1 fully saturated rings. The molecular weight excluding hydrogens is 352 g/mol. The van der Waals surface area contributed by atoms with Crippen molar-refractivity contribution in [3.8, 4) is 11.4 Å². The lowest BCUT2D eigenvalue weighted by Crippen LogP contribution is -2.46. The number of aromatic nitrogens is 6. The Morgan fingerprint density at radius 2 is 1.75 bits per heavy atom. The van der Waals surface area contributed by atoms with Gasteiger partial charge < -0.3 is 9.47 Å². The Labute approximate surface area is 163 Å². The van der Waals surface area contributed by atoms with Gasteiger partial charge in [0.05, 0.1) is 6.54 Å². The lowest BCUT2D eigenvalue weighted by Gasteiger charge is -2.35. The van der Waals surface area contributed by atoms with Gasteiger partial charge in [-0.1, -0.05) is 30.3 Å². The largest absolute Gasteiger partial charge is 0.353 e. The normalized spacial score (nSPS) is 15.4. The maximum atomic E-state index is 4.83. The van der Waals surface area contributed by atoms with Crippen LogP contribution in [-0.2, 0) is 13.6 Å². The SMILES string of the molecule is Cn1ccnc1CN1CCN(c2ccc3nnc(-c4ccccc4)n3n2)CC1. The minimum absolute atomic E-state index is 0.760. The number of imidazole rings is 1. The molecule has 1 saturated heterocycles. The highest BCUT2D eigenvalue weighted by Gasteiger charge is 2.20. The van der Waals surface area contributed by atoms with Crippen LogP contribution in [0, 0.1) is 0 Å². The van der Waals surface area contributed by atoms with E-state index in [0.29, 0.717) is 0 Å². The predicted molar refractivity (Wildman–Crippen MR) is 107 cm³/mol. The second kappa shape index (κ2) is 7.05. The second-order valence-electron chi connectivity index (χ2n) is 7.07. The highest BCUT2D eigenvalue weighted by molar-refractivity contribution is 5.59. The third kappa shape index (κ3) is 3.11. The molecule has 5 rings (SSSR count). The van der Waals surface area contributed by atoms with Crippen molar-refractivity contribution in [1.29, 1.82) is 0 Å². The van der Waals surface area contributed by atoms with Crippen molar-refractivity contribution in [2.24, 2.45) is 7.05 Å². The first kappa shape index (κ1) is 16.9. The summed E-state index contributed by atoms with van der Waals surface area (Å²) >= 11 is 0. The number of fused-ring (bicyclic) bond motifs is 1. The van der Waals surface area contributed by atoms with Crippen LogP contribution in [0.4, 0.5) is 5.82 Å². The van der Waals surface area contributed by atoms with E-state index in [1.54, 1.807) is 0 Å². The molecule has 0 N–H and O–H groups in total. The summed E-state index contributed by atoms with van der Waals surface area (Å²) in [6.45, 7) is 4.73. The number of nitrogens with zero attached hydrogens (tertiary/aromatic N) is 8. The third-order valence-corrected chi connectivity index (χ3v) is 5.26. The van der Waals surface area contributed by atoms with Gasteiger partial charge in [-0.3, -0.25) is 4.90 Å². The van der Waals surface area contributed by atoms with Crippen LogP contribution in [0.15, 0.2) is 54.9 Å². The van der Waals surface area contributed by atoms with Crippen LogP contribution in [0.1, 0.15) is 5.82 Å². The number of hydrogen-bond acceptors (Lipinski definition) is 6. The molecule has 8 nitrogen and oxygen atoms in total. The van der Waals surface area contributed by atoms with Gasteiger partial charge in [0.15, 0.2) is 11.5 Å². The zero-order valence-corrected chi connectivity index (χ0v) is 15.8. The molecule has 142 valence electrons. The van der Waals surface area contributed by atoms with E-state index in [1.165, 1.54) is 0 Å². The average Bonchev–Trinajstić information content (AvgIpc) is 3.35. The minimum Gasteiger partial charge on any atom is -0.353 e. The lowest BCUT2D eigenvalue weighted by atomic mass is 10.2. The number of hydrogen-bond donors (Lipinski definition) is 0. The Kier molecular flexibility index (Phi) is 4.25. The molecule has 1 aliphatic rings. The van der Waals surface area contributed by atoms with Crippen LogP contribution in [0.3, 0.4) is 0 Å². The molecule has 0 amide bonds. The van der Waals surface area contributed by atoms with Crippen molar-refractivity contribution in [3.05, 3.63) is 60.7 Å². The number of piperazine rings is 1. The van der Waals surface area contributed by atoms with Crippen LogP contribution < -0.4 is 4.90 Å². The van der Waals surface area contributed by atoms with Crippen molar-refractivity contribution >= 4 is 11.5 Å². The quantitative estimate of drug-likeness (QED) is 0.543. The van der Waals surface area contributed by atoms with Gasteiger partial charge in [-0.05, 0) is 12.1 Å². The number of aryl methyl sites for hydroxylation is 1. The maximum absolute atomic E-state index is 4.83. The summed E-state index contributed by atoms with van der Waals surface area (Å²) in [5.41, 5.74) is 1.77. The van der Waals surface area contributed by atoms with Gasteiger partial charge in [0.2, 0.25) is 0 Å². The van der Waals surface area contributed by atoms with Gasteiger partial charge in [-0.15, -0.1) is 15.3 Å². The van der Waals surface area contributed by atoms with E-state index in [0.717, 1.165) is 61.4 Å². The monoisotopic (exact) mass is 374 g/mol. The topological polar surface area (TPSA) is 67.4 Å². The first-order valence-corrected chi connectivity index (χ1v) is 9.49. The smallest absolute Gasteiger partial charge is 0.185 e. The third-order valence-electron chi connectivity index (χ3n) is 5.26. The van der Waals surface area contributed by atoms with E-state index in [4.69, 9.17) is 5.10 Å². The highest BCUT2D eigenvalue weighted by atomic mass is 15.4. The maximum Gasteiger partial charge on any atom is 0.185 e. The molecule has 8 heteroatoms. The molecule has 28 heavy (non-hydrogen) atoms. The van der Waals surface area contributed by atoms with Gasteiger partial charge in [0.25, 0.3) is 0 Å². The molecule has 4 aromatic rings. The summed E-state index contributed by atoms with van der Waals surface area (Å²) in [6.07, 6.45) is 3.85. The van der Waals surface area contributed by atoms with Crippen molar-refractivity contribution in [3.63, 3.8) is 0 Å². The molecule has 0 aliphatic carbocycles. The van der Waals surface area contributed by atoms with E-state index in [-0.39, 0.29) is 0 Å². The molecule has 1 aromatic carbocycles. The summed E-state index contributed by atoms with van der Waals surface area (Å²) in [6, 6.07) is 14.1. The lowest BCUT2D eigenvalue weighted by molar-refractivity contribution is 0.241. The molecule has 3 aromatic heterocycles. The summed E-state index contributed by atoms with van der Waals surface area (Å²) in [5, 5.41) is 13.4. The number of benzene rings is 1. The molecule has 0 spiro atoms. The van der Waals surface area contributed by atoms with Gasteiger partial charge in [0, 0.05) is 51.2 Å². The van der Waals surface area contributed by atoms with Crippen molar-refractivity contribution in [2.45, 2.75) is 6.54 Å². The Bertz CT molecular complexity index is 1080. The Balaban J connectivity index is 1.34. The molecule has 4 heterocycles. The molecule has 0 saturated carbocycles. The summed E-state index contributed by atoms with van der Waals surface area (Å²) in [7, 11) is 2.04. The zero-order chi connectivity index (χ0) is 18.9. The van der Waals surface area contributed by atoms with Crippen LogP contribution in [0.25, 0.3) is 17.0 Å². The van der Waals surface area contributed by atoms with Gasteiger partial charge in [0.1, 0.15) is 11.6 Å². The van der Waals surface area contributed by atoms with Crippen molar-refractivity contribution in [2.75, 3.05) is 31.1 Å². The van der Waals surface area contributed by atoms with Gasteiger partial charge >= 0.3 is 0 Å². The van der Waals surface area contributed by atoms with Crippen LogP contribution >= 0.6 is 0 Å². The molecule has 0 radical (unpaired) electrons. The van der Waals surface area contributed by atoms with Crippen LogP contribution in [0.5, 0.6) is 0 Å². The van der Waals surface area contributed by atoms with E-state index < -0.39 is 0 Å². The Morgan fingerprint density at radius 3 is 2.50 bits per heavy atom. The van der Waals surface area contributed by atoms with E-state index in [2.05, 4.69) is 29.5 Å². The Morgan fingerprint density at radius 1 is 0.929 bits per heavy atom. The average molecular weight is 374 g/mol. The van der Waals surface area contributed by atoms with Gasteiger partial charge in [-0.2, -0.15) is 4.52 Å². The number of anilines is 1. The molecule has 0 bridgehead atoms.